The lowest BCUT2D eigenvalue weighted by atomic mass is 9.85. The average molecular weight is 439 g/mol. The predicted molar refractivity (Wildman–Crippen MR) is 117 cm³/mol. The summed E-state index contributed by atoms with van der Waals surface area (Å²) in [5, 5.41) is 4.87. The van der Waals surface area contributed by atoms with E-state index in [2.05, 4.69) is 5.10 Å². The molecule has 0 saturated heterocycles. The molecule has 1 amide bonds. The van der Waals surface area contributed by atoms with E-state index in [4.69, 9.17) is 4.74 Å². The smallest absolute Gasteiger partial charge is 0.419 e. The van der Waals surface area contributed by atoms with Crippen LogP contribution >= 0.6 is 0 Å². The van der Waals surface area contributed by atoms with Crippen LogP contribution in [0.25, 0.3) is 10.9 Å². The third-order valence-corrected chi connectivity index (χ3v) is 7.03. The molecule has 0 N–H and O–H groups in total. The molecule has 1 aliphatic heterocycles. The molecule has 1 unspecified atom stereocenters. The van der Waals surface area contributed by atoms with E-state index in [1.54, 1.807) is 23.4 Å². The number of aromatic nitrogens is 2. The summed E-state index contributed by atoms with van der Waals surface area (Å²) in [6.45, 7) is 0.623. The number of carbonyl (C=O) groups is 1. The fraction of sp³-hybridized carbons (Fsp3) is 0.348. The molecule has 5 rings (SSSR count). The van der Waals surface area contributed by atoms with Crippen LogP contribution < -0.4 is 4.74 Å². The van der Waals surface area contributed by atoms with Crippen LogP contribution in [0.5, 0.6) is 5.75 Å². The Morgan fingerprint density at radius 3 is 2.65 bits per heavy atom. The first kappa shape index (κ1) is 19.9. The van der Waals surface area contributed by atoms with Gasteiger partial charge in [0.05, 0.1) is 23.6 Å². The highest BCUT2D eigenvalue weighted by molar-refractivity contribution is 7.90. The number of carbonyl (C=O) groups excluding carboxylic acids is 1. The molecule has 0 radical (unpaired) electrons. The normalized spacial score (nSPS) is 18.7. The number of fused-ring (bicyclic) bond motifs is 2. The number of benzene rings is 2. The van der Waals surface area contributed by atoms with E-state index in [0.717, 1.165) is 24.0 Å². The van der Waals surface area contributed by atoms with Gasteiger partial charge in [-0.2, -0.15) is 9.67 Å². The standard InChI is InChI=1S/C23H24N3O4S/c1-25-12-19(15-6-4-5-7-16(15)23(25)27)17-10-18-20(11-21(17)30-13-14-8-9-14)26(2)24-22(18)31(3,28)29/h4-7,10-12,14,19H,8-9,13H2,1-3H3/q+1. The van der Waals surface area contributed by atoms with Crippen molar-refractivity contribution in [2.24, 2.45) is 13.0 Å². The van der Waals surface area contributed by atoms with Crippen LogP contribution in [0.3, 0.4) is 0 Å². The van der Waals surface area contributed by atoms with Crippen molar-refractivity contribution in [1.29, 1.82) is 0 Å². The molecule has 3 aromatic rings. The monoisotopic (exact) mass is 438 g/mol. The predicted octanol–water partition coefficient (Wildman–Crippen LogP) is 2.76. The SMILES string of the molecule is Cn1nc(S(C)(=O)=O)c2cc(C3C=[N+](C)C(=O)c4ccccc43)c(OCC3CC3)cc21. The average Bonchev–Trinajstić information content (AvgIpc) is 3.50. The summed E-state index contributed by atoms with van der Waals surface area (Å²) in [5.41, 5.74) is 3.05. The van der Waals surface area contributed by atoms with Crippen molar-refractivity contribution in [2.45, 2.75) is 23.8 Å². The van der Waals surface area contributed by atoms with Crippen molar-refractivity contribution in [3.05, 3.63) is 53.1 Å². The van der Waals surface area contributed by atoms with Gasteiger partial charge in [0.2, 0.25) is 0 Å². The van der Waals surface area contributed by atoms with Crippen LogP contribution in [0.2, 0.25) is 0 Å². The Kier molecular flexibility index (Phi) is 4.51. The Hall–Kier alpha value is -3.00. The van der Waals surface area contributed by atoms with Gasteiger partial charge in [0.15, 0.2) is 21.1 Å². The molecular formula is C23H24N3O4S+. The molecule has 1 fully saturated rings. The number of ether oxygens (including phenoxy) is 1. The topological polar surface area (TPSA) is 81.3 Å². The molecule has 1 saturated carbocycles. The third-order valence-electron chi connectivity index (χ3n) is 6.03. The molecule has 2 aliphatic rings. The second-order valence-corrected chi connectivity index (χ2v) is 10.4. The maximum atomic E-state index is 12.7. The van der Waals surface area contributed by atoms with Crippen molar-refractivity contribution >= 4 is 32.9 Å². The van der Waals surface area contributed by atoms with Crippen molar-refractivity contribution < 1.29 is 22.5 Å². The van der Waals surface area contributed by atoms with E-state index < -0.39 is 9.84 Å². The fourth-order valence-electron chi connectivity index (χ4n) is 4.18. The summed E-state index contributed by atoms with van der Waals surface area (Å²) in [6, 6.07) is 11.3. The van der Waals surface area contributed by atoms with E-state index in [9.17, 15) is 13.2 Å². The highest BCUT2D eigenvalue weighted by atomic mass is 32.2. The number of amides is 1. The van der Waals surface area contributed by atoms with Crippen LogP contribution in [0.1, 0.15) is 40.2 Å². The first-order valence-corrected chi connectivity index (χ1v) is 12.2. The molecule has 2 aromatic carbocycles. The van der Waals surface area contributed by atoms with Crippen molar-refractivity contribution in [1.82, 2.24) is 9.78 Å². The lowest BCUT2D eigenvalue weighted by Gasteiger charge is -2.21. The molecule has 8 heteroatoms. The fourth-order valence-corrected chi connectivity index (χ4v) is 5.01. The maximum absolute atomic E-state index is 12.7. The van der Waals surface area contributed by atoms with Gasteiger partial charge in [-0.1, -0.05) is 18.2 Å². The largest absolute Gasteiger partial charge is 0.493 e. The minimum atomic E-state index is -3.51. The zero-order valence-corrected chi connectivity index (χ0v) is 18.5. The second-order valence-electron chi connectivity index (χ2n) is 8.49. The molecule has 1 aromatic heterocycles. The summed E-state index contributed by atoms with van der Waals surface area (Å²) in [6.07, 6.45) is 5.36. The first-order valence-electron chi connectivity index (χ1n) is 10.3. The molecule has 0 spiro atoms. The van der Waals surface area contributed by atoms with Gasteiger partial charge in [-0.05, 0) is 36.5 Å². The minimum Gasteiger partial charge on any atom is -0.493 e. The number of hydrogen-bond donors (Lipinski definition) is 0. The Labute approximate surface area is 180 Å². The summed E-state index contributed by atoms with van der Waals surface area (Å²) in [7, 11) is -0.0436. The zero-order valence-electron chi connectivity index (χ0n) is 17.7. The van der Waals surface area contributed by atoms with Crippen LogP contribution in [0.15, 0.2) is 41.4 Å². The minimum absolute atomic E-state index is 0.0496. The highest BCUT2D eigenvalue weighted by Gasteiger charge is 2.35. The van der Waals surface area contributed by atoms with Crippen LogP contribution in [0, 0.1) is 5.92 Å². The zero-order chi connectivity index (χ0) is 21.9. The molecule has 160 valence electrons. The van der Waals surface area contributed by atoms with Crippen molar-refractivity contribution in [3.8, 4) is 5.75 Å². The lowest BCUT2D eigenvalue weighted by molar-refractivity contribution is -0.392. The van der Waals surface area contributed by atoms with Crippen molar-refractivity contribution in [2.75, 3.05) is 19.9 Å². The summed E-state index contributed by atoms with van der Waals surface area (Å²) in [5.74, 6) is 0.950. The summed E-state index contributed by atoms with van der Waals surface area (Å²) in [4.78, 5) is 12.7. The van der Waals surface area contributed by atoms with E-state index in [0.29, 0.717) is 34.7 Å². The summed E-state index contributed by atoms with van der Waals surface area (Å²) >= 11 is 0. The quantitative estimate of drug-likeness (QED) is 0.572. The van der Waals surface area contributed by atoms with E-state index in [1.807, 2.05) is 42.6 Å². The van der Waals surface area contributed by atoms with Gasteiger partial charge in [0.1, 0.15) is 12.8 Å². The molecule has 1 aliphatic carbocycles. The van der Waals surface area contributed by atoms with Gasteiger partial charge in [-0.25, -0.2) is 13.2 Å². The number of sulfone groups is 1. The van der Waals surface area contributed by atoms with Crippen LogP contribution in [0.4, 0.5) is 0 Å². The van der Waals surface area contributed by atoms with Gasteiger partial charge in [0.25, 0.3) is 0 Å². The first-order chi connectivity index (χ1) is 14.7. The molecule has 31 heavy (non-hydrogen) atoms. The van der Waals surface area contributed by atoms with Gasteiger partial charge in [-0.3, -0.25) is 4.68 Å². The van der Waals surface area contributed by atoms with Gasteiger partial charge < -0.3 is 4.74 Å². The van der Waals surface area contributed by atoms with E-state index in [-0.39, 0.29) is 16.9 Å². The van der Waals surface area contributed by atoms with E-state index >= 15 is 0 Å². The molecule has 2 heterocycles. The number of nitrogens with zero attached hydrogens (tertiary/aromatic N) is 3. The second kappa shape index (κ2) is 7.02. The third kappa shape index (κ3) is 3.44. The maximum Gasteiger partial charge on any atom is 0.419 e. The lowest BCUT2D eigenvalue weighted by Crippen LogP contribution is -2.28. The molecule has 7 nitrogen and oxygen atoms in total. The van der Waals surface area contributed by atoms with Gasteiger partial charge in [0, 0.05) is 30.3 Å². The van der Waals surface area contributed by atoms with Crippen LogP contribution in [-0.2, 0) is 16.9 Å². The highest BCUT2D eigenvalue weighted by Crippen LogP contribution is 2.39. The molecular weight excluding hydrogens is 414 g/mol. The van der Waals surface area contributed by atoms with E-state index in [1.165, 1.54) is 6.26 Å². The van der Waals surface area contributed by atoms with Gasteiger partial charge >= 0.3 is 5.91 Å². The Morgan fingerprint density at radius 1 is 1.19 bits per heavy atom. The Bertz CT molecular complexity index is 1370. The van der Waals surface area contributed by atoms with Gasteiger partial charge in [-0.15, -0.1) is 0 Å². The Balaban J connectivity index is 1.76. The number of aryl methyl sites for hydroxylation is 1. The summed E-state index contributed by atoms with van der Waals surface area (Å²) < 4.78 is 34.2. The van der Waals surface area contributed by atoms with Crippen molar-refractivity contribution in [3.63, 3.8) is 0 Å². The number of hydrogen-bond acceptors (Lipinski definition) is 5. The molecule has 1 atom stereocenters. The number of rotatable bonds is 5. The Morgan fingerprint density at radius 2 is 1.94 bits per heavy atom. The van der Waals surface area contributed by atoms with Crippen LogP contribution in [-0.4, -0.2) is 54.8 Å². The molecule has 0 bridgehead atoms.